The van der Waals surface area contributed by atoms with Gasteiger partial charge in [0.2, 0.25) is 0 Å². The monoisotopic (exact) mass is 409 g/mol. The van der Waals surface area contributed by atoms with E-state index in [1.165, 1.54) is 5.56 Å². The number of para-hydroxylation sites is 1. The normalized spacial score (nSPS) is 27.0. The molecule has 2 fully saturated rings. The van der Waals surface area contributed by atoms with Gasteiger partial charge in [-0.25, -0.2) is 9.97 Å². The zero-order valence-corrected chi connectivity index (χ0v) is 18.1. The third-order valence-electron chi connectivity index (χ3n) is 7.32. The van der Waals surface area contributed by atoms with Crippen molar-refractivity contribution in [3.8, 4) is 11.5 Å². The van der Waals surface area contributed by atoms with Crippen LogP contribution in [0.25, 0.3) is 0 Å². The summed E-state index contributed by atoms with van der Waals surface area (Å²) in [6.45, 7) is 8.32. The van der Waals surface area contributed by atoms with Crippen molar-refractivity contribution in [3.63, 3.8) is 0 Å². The summed E-state index contributed by atoms with van der Waals surface area (Å²) in [5.74, 6) is 1.98. The summed E-state index contributed by atoms with van der Waals surface area (Å²) < 4.78 is 18.7. The Hall–Kier alpha value is -2.18. The first-order valence-corrected chi connectivity index (χ1v) is 10.9. The van der Waals surface area contributed by atoms with Crippen LogP contribution in [-0.2, 0) is 11.3 Å². The second kappa shape index (κ2) is 7.50. The van der Waals surface area contributed by atoms with Crippen LogP contribution < -0.4 is 9.47 Å². The molecule has 0 N–H and O–H groups in total. The highest BCUT2D eigenvalue weighted by Gasteiger charge is 2.53. The lowest BCUT2D eigenvalue weighted by Gasteiger charge is -2.54. The van der Waals surface area contributed by atoms with E-state index in [1.54, 1.807) is 13.4 Å². The first kappa shape index (κ1) is 19.8. The summed E-state index contributed by atoms with van der Waals surface area (Å²) in [5, 5.41) is 0. The summed E-state index contributed by atoms with van der Waals surface area (Å²) >= 11 is 0. The van der Waals surface area contributed by atoms with Gasteiger partial charge in [-0.1, -0.05) is 12.1 Å². The predicted octanol–water partition coefficient (Wildman–Crippen LogP) is 4.02. The molecule has 4 heterocycles. The smallest absolute Gasteiger partial charge is 0.167 e. The highest BCUT2D eigenvalue weighted by atomic mass is 16.5. The Bertz CT molecular complexity index is 894. The Morgan fingerprint density at radius 3 is 2.67 bits per heavy atom. The summed E-state index contributed by atoms with van der Waals surface area (Å²) in [5.41, 5.74) is 2.26. The van der Waals surface area contributed by atoms with Crippen molar-refractivity contribution in [2.24, 2.45) is 11.3 Å². The SMILES string of the molecule is COc1cccc2c1OC(C)(C)[C@H]1CC3(CCN(Cc4cncnc4)CC3)CO[C@H]21. The van der Waals surface area contributed by atoms with Gasteiger partial charge in [0.05, 0.1) is 19.8 Å². The fourth-order valence-electron chi connectivity index (χ4n) is 5.50. The van der Waals surface area contributed by atoms with E-state index in [-0.39, 0.29) is 17.1 Å². The first-order valence-electron chi connectivity index (χ1n) is 10.9. The summed E-state index contributed by atoms with van der Waals surface area (Å²) in [6, 6.07) is 6.14. The number of hydrogen-bond acceptors (Lipinski definition) is 6. The van der Waals surface area contributed by atoms with E-state index in [9.17, 15) is 0 Å². The van der Waals surface area contributed by atoms with Crippen molar-refractivity contribution < 1.29 is 14.2 Å². The standard InChI is InChI=1S/C24H31N3O3/c1-23(2)19-11-24(7-9-27(10-8-24)14-17-12-25-16-26-13-17)15-29-21(19)18-5-4-6-20(28-3)22(18)30-23/h4-6,12-13,16,19,21H,7-11,14-15H2,1-3H3/t19-,21+/m0/s1. The molecule has 30 heavy (non-hydrogen) atoms. The van der Waals surface area contributed by atoms with Gasteiger partial charge in [-0.15, -0.1) is 0 Å². The Labute approximate surface area is 178 Å². The number of likely N-dealkylation sites (tertiary alicyclic amines) is 1. The van der Waals surface area contributed by atoms with Crippen LogP contribution in [-0.4, -0.2) is 47.3 Å². The summed E-state index contributed by atoms with van der Waals surface area (Å²) in [4.78, 5) is 10.8. The van der Waals surface area contributed by atoms with Crippen LogP contribution in [0.3, 0.4) is 0 Å². The fraction of sp³-hybridized carbons (Fsp3) is 0.583. The second-order valence-corrected chi connectivity index (χ2v) is 9.65. The quantitative estimate of drug-likeness (QED) is 0.763. The Balaban J connectivity index is 1.31. The Morgan fingerprint density at radius 1 is 1.17 bits per heavy atom. The van der Waals surface area contributed by atoms with Gasteiger partial charge in [0, 0.05) is 36.0 Å². The van der Waals surface area contributed by atoms with E-state index in [0.717, 1.165) is 62.6 Å². The average molecular weight is 410 g/mol. The van der Waals surface area contributed by atoms with Crippen molar-refractivity contribution in [1.29, 1.82) is 0 Å². The number of hydrogen-bond donors (Lipinski definition) is 0. The maximum absolute atomic E-state index is 6.62. The van der Waals surface area contributed by atoms with Gasteiger partial charge in [-0.05, 0) is 57.7 Å². The van der Waals surface area contributed by atoms with Crippen LogP contribution in [0.15, 0.2) is 36.9 Å². The van der Waals surface area contributed by atoms with E-state index in [2.05, 4.69) is 34.8 Å². The van der Waals surface area contributed by atoms with Gasteiger partial charge >= 0.3 is 0 Å². The molecule has 1 aromatic carbocycles. The number of piperidine rings is 1. The van der Waals surface area contributed by atoms with Gasteiger partial charge in [0.15, 0.2) is 11.5 Å². The van der Waals surface area contributed by atoms with E-state index in [1.807, 2.05) is 24.5 Å². The number of aromatic nitrogens is 2. The van der Waals surface area contributed by atoms with E-state index < -0.39 is 0 Å². The van der Waals surface area contributed by atoms with Gasteiger partial charge in [-0.2, -0.15) is 0 Å². The molecule has 6 nitrogen and oxygen atoms in total. The third-order valence-corrected chi connectivity index (χ3v) is 7.32. The molecule has 2 aromatic rings. The number of benzene rings is 1. The largest absolute Gasteiger partial charge is 0.493 e. The minimum absolute atomic E-state index is 0.0731. The highest BCUT2D eigenvalue weighted by molar-refractivity contribution is 5.50. The molecule has 1 spiro atoms. The van der Waals surface area contributed by atoms with E-state index in [0.29, 0.717) is 5.92 Å². The van der Waals surface area contributed by atoms with Crippen molar-refractivity contribution in [2.45, 2.75) is 51.4 Å². The third kappa shape index (κ3) is 3.46. The van der Waals surface area contributed by atoms with Crippen LogP contribution in [0.4, 0.5) is 0 Å². The molecule has 1 aromatic heterocycles. The molecule has 3 aliphatic heterocycles. The van der Waals surface area contributed by atoms with Gasteiger partial charge in [-0.3, -0.25) is 4.90 Å². The number of methoxy groups -OCH3 is 1. The second-order valence-electron chi connectivity index (χ2n) is 9.65. The highest BCUT2D eigenvalue weighted by Crippen LogP contribution is 2.57. The Kier molecular flexibility index (Phi) is 4.94. The molecule has 160 valence electrons. The van der Waals surface area contributed by atoms with Gasteiger partial charge in [0.25, 0.3) is 0 Å². The minimum atomic E-state index is -0.293. The molecule has 0 unspecified atom stereocenters. The zero-order chi connectivity index (χ0) is 20.8. The van der Waals surface area contributed by atoms with Crippen LogP contribution >= 0.6 is 0 Å². The summed E-state index contributed by atoms with van der Waals surface area (Å²) in [6.07, 6.45) is 8.95. The zero-order valence-electron chi connectivity index (χ0n) is 18.1. The minimum Gasteiger partial charge on any atom is -0.493 e. The van der Waals surface area contributed by atoms with Crippen molar-refractivity contribution >= 4 is 0 Å². The van der Waals surface area contributed by atoms with E-state index in [4.69, 9.17) is 14.2 Å². The van der Waals surface area contributed by atoms with Crippen LogP contribution in [0, 0.1) is 11.3 Å². The van der Waals surface area contributed by atoms with Crippen molar-refractivity contribution in [2.75, 3.05) is 26.8 Å². The Morgan fingerprint density at radius 2 is 1.93 bits per heavy atom. The number of ether oxygens (including phenoxy) is 3. The maximum atomic E-state index is 6.62. The molecule has 0 radical (unpaired) electrons. The lowest BCUT2D eigenvalue weighted by Crippen LogP contribution is -2.54. The molecule has 0 bridgehead atoms. The molecule has 5 rings (SSSR count). The summed E-state index contributed by atoms with van der Waals surface area (Å²) in [7, 11) is 1.70. The van der Waals surface area contributed by atoms with Crippen LogP contribution in [0.5, 0.6) is 11.5 Å². The van der Waals surface area contributed by atoms with Crippen molar-refractivity contribution in [3.05, 3.63) is 48.0 Å². The topological polar surface area (TPSA) is 56.7 Å². The molecule has 6 heteroatoms. The number of rotatable bonds is 3. The van der Waals surface area contributed by atoms with Gasteiger partial charge in [0.1, 0.15) is 11.9 Å². The molecule has 2 atom stereocenters. The average Bonchev–Trinajstić information content (AvgIpc) is 2.76. The predicted molar refractivity (Wildman–Crippen MR) is 113 cm³/mol. The molecule has 0 saturated carbocycles. The van der Waals surface area contributed by atoms with Gasteiger partial charge < -0.3 is 14.2 Å². The maximum Gasteiger partial charge on any atom is 0.167 e. The molecular formula is C24H31N3O3. The molecule has 0 amide bonds. The number of nitrogens with zero attached hydrogens (tertiary/aromatic N) is 3. The lowest BCUT2D eigenvalue weighted by molar-refractivity contribution is -0.174. The lowest BCUT2D eigenvalue weighted by atomic mass is 9.64. The molecule has 0 aliphatic carbocycles. The van der Waals surface area contributed by atoms with Crippen LogP contribution in [0.1, 0.15) is 50.3 Å². The van der Waals surface area contributed by atoms with E-state index >= 15 is 0 Å². The first-order chi connectivity index (χ1) is 14.5. The molecule has 3 aliphatic rings. The van der Waals surface area contributed by atoms with Crippen molar-refractivity contribution in [1.82, 2.24) is 14.9 Å². The fourth-order valence-corrected chi connectivity index (χ4v) is 5.50. The molecular weight excluding hydrogens is 378 g/mol. The number of fused-ring (bicyclic) bond motifs is 3. The molecule has 2 saturated heterocycles. The van der Waals surface area contributed by atoms with Crippen LogP contribution in [0.2, 0.25) is 0 Å².